The second-order valence-corrected chi connectivity index (χ2v) is 6.12. The molecule has 0 unspecified atom stereocenters. The highest BCUT2D eigenvalue weighted by Crippen LogP contribution is 2.44. The van der Waals surface area contributed by atoms with Crippen LogP contribution in [0.4, 0.5) is 13.2 Å². The minimum Gasteiger partial charge on any atom is -0.458 e. The fourth-order valence-electron chi connectivity index (χ4n) is 2.95. The van der Waals surface area contributed by atoms with Gasteiger partial charge in [-0.15, -0.1) is 0 Å². The van der Waals surface area contributed by atoms with Crippen molar-refractivity contribution < 1.29 is 22.6 Å². The van der Waals surface area contributed by atoms with Gasteiger partial charge >= 0.3 is 6.01 Å². The van der Waals surface area contributed by atoms with Crippen molar-refractivity contribution in [2.24, 2.45) is 0 Å². The molecule has 26 heavy (non-hydrogen) atoms. The quantitative estimate of drug-likeness (QED) is 0.646. The standard InChI is InChI=1S/C19H15F3N2O2/c1-12(19(11-25-19)16-7-4-14(21)10-17(16)22)26-18-23-8-9-24(18)15-5-2-13(20)3-6-15/h2-10,12H,11H2,1H3/t12-,19-/m1/s1. The predicted molar refractivity (Wildman–Crippen MR) is 87.6 cm³/mol. The summed E-state index contributed by atoms with van der Waals surface area (Å²) in [5.74, 6) is -1.68. The van der Waals surface area contributed by atoms with Crippen LogP contribution >= 0.6 is 0 Å². The number of halogens is 3. The van der Waals surface area contributed by atoms with E-state index in [9.17, 15) is 13.2 Å². The fraction of sp³-hybridized carbons (Fsp3) is 0.211. The molecule has 0 amide bonds. The van der Waals surface area contributed by atoms with Crippen LogP contribution in [0.1, 0.15) is 12.5 Å². The summed E-state index contributed by atoms with van der Waals surface area (Å²) in [6, 6.07) is 9.50. The second kappa shape index (κ2) is 6.17. The van der Waals surface area contributed by atoms with E-state index in [1.165, 1.54) is 24.3 Å². The van der Waals surface area contributed by atoms with Crippen molar-refractivity contribution in [3.05, 3.63) is 77.9 Å². The van der Waals surface area contributed by atoms with Gasteiger partial charge in [0.05, 0.1) is 12.3 Å². The van der Waals surface area contributed by atoms with Crippen LogP contribution in [0.2, 0.25) is 0 Å². The number of imidazole rings is 1. The smallest absolute Gasteiger partial charge is 0.301 e. The Morgan fingerprint density at radius 1 is 1.12 bits per heavy atom. The maximum absolute atomic E-state index is 14.2. The normalized spacial score (nSPS) is 20.0. The SMILES string of the molecule is C[C@@H](Oc1nccn1-c1ccc(F)cc1)[C@@]1(c2ccc(F)cc2F)CO1. The zero-order valence-corrected chi connectivity index (χ0v) is 13.8. The van der Waals surface area contributed by atoms with Crippen LogP contribution in [0.5, 0.6) is 6.01 Å². The molecule has 4 nitrogen and oxygen atoms in total. The van der Waals surface area contributed by atoms with Crippen molar-refractivity contribution in [3.8, 4) is 11.7 Å². The van der Waals surface area contributed by atoms with E-state index >= 15 is 0 Å². The van der Waals surface area contributed by atoms with Crippen LogP contribution < -0.4 is 4.74 Å². The fourth-order valence-corrected chi connectivity index (χ4v) is 2.95. The summed E-state index contributed by atoms with van der Waals surface area (Å²) in [6.07, 6.45) is 2.64. The van der Waals surface area contributed by atoms with Crippen LogP contribution in [0.15, 0.2) is 54.9 Å². The summed E-state index contributed by atoms with van der Waals surface area (Å²) in [6.45, 7) is 1.99. The Morgan fingerprint density at radius 3 is 2.46 bits per heavy atom. The monoisotopic (exact) mass is 360 g/mol. The Kier molecular flexibility index (Phi) is 3.96. The van der Waals surface area contributed by atoms with Gasteiger partial charge in [0.25, 0.3) is 0 Å². The summed E-state index contributed by atoms with van der Waals surface area (Å²) in [7, 11) is 0. The van der Waals surface area contributed by atoms with E-state index in [1.54, 1.807) is 36.0 Å². The molecule has 2 heterocycles. The highest BCUT2D eigenvalue weighted by Gasteiger charge is 2.54. The zero-order chi connectivity index (χ0) is 18.3. The lowest BCUT2D eigenvalue weighted by Crippen LogP contribution is -2.32. The highest BCUT2D eigenvalue weighted by molar-refractivity contribution is 5.35. The number of nitrogens with zero attached hydrogens (tertiary/aromatic N) is 2. The third kappa shape index (κ3) is 2.84. The molecular weight excluding hydrogens is 345 g/mol. The molecule has 0 bridgehead atoms. The molecular formula is C19H15F3N2O2. The number of ether oxygens (including phenoxy) is 2. The van der Waals surface area contributed by atoms with Crippen LogP contribution in [0.25, 0.3) is 5.69 Å². The van der Waals surface area contributed by atoms with Crippen molar-refractivity contribution in [1.29, 1.82) is 0 Å². The molecule has 0 spiro atoms. The molecule has 1 aliphatic rings. The predicted octanol–water partition coefficient (Wildman–Crippen LogP) is 3.98. The molecule has 1 fully saturated rings. The van der Waals surface area contributed by atoms with Gasteiger partial charge in [-0.05, 0) is 37.3 Å². The average Bonchev–Trinajstić information content (AvgIpc) is 3.29. The maximum Gasteiger partial charge on any atom is 0.301 e. The van der Waals surface area contributed by atoms with E-state index in [-0.39, 0.29) is 24.0 Å². The lowest BCUT2D eigenvalue weighted by molar-refractivity contribution is 0.0964. The van der Waals surface area contributed by atoms with Crippen LogP contribution in [-0.4, -0.2) is 22.3 Å². The van der Waals surface area contributed by atoms with Gasteiger partial charge in [-0.2, -0.15) is 0 Å². The molecule has 1 aliphatic heterocycles. The van der Waals surface area contributed by atoms with Gasteiger partial charge in [0.15, 0.2) is 5.60 Å². The zero-order valence-electron chi connectivity index (χ0n) is 13.8. The summed E-state index contributed by atoms with van der Waals surface area (Å²) < 4.78 is 53.5. The van der Waals surface area contributed by atoms with E-state index in [4.69, 9.17) is 9.47 Å². The Balaban J connectivity index is 1.60. The summed E-state index contributed by atoms with van der Waals surface area (Å²) in [4.78, 5) is 4.16. The first-order valence-corrected chi connectivity index (χ1v) is 8.05. The van der Waals surface area contributed by atoms with Gasteiger partial charge in [-0.1, -0.05) is 6.07 Å². The molecule has 1 aromatic heterocycles. The Morgan fingerprint density at radius 2 is 1.81 bits per heavy atom. The van der Waals surface area contributed by atoms with Gasteiger partial charge in [-0.3, -0.25) is 4.57 Å². The number of rotatable bonds is 5. The maximum atomic E-state index is 14.2. The lowest BCUT2D eigenvalue weighted by Gasteiger charge is -2.22. The minimum absolute atomic E-state index is 0.242. The highest BCUT2D eigenvalue weighted by atomic mass is 19.1. The Bertz CT molecular complexity index is 936. The van der Waals surface area contributed by atoms with Crippen molar-refractivity contribution >= 4 is 0 Å². The first kappa shape index (κ1) is 16.7. The number of hydrogen-bond acceptors (Lipinski definition) is 3. The summed E-state index contributed by atoms with van der Waals surface area (Å²) in [5, 5.41) is 0. The van der Waals surface area contributed by atoms with E-state index < -0.39 is 23.3 Å². The van der Waals surface area contributed by atoms with Crippen LogP contribution in [-0.2, 0) is 10.3 Å². The largest absolute Gasteiger partial charge is 0.458 e. The van der Waals surface area contributed by atoms with E-state index in [1.807, 2.05) is 0 Å². The van der Waals surface area contributed by atoms with Crippen molar-refractivity contribution in [1.82, 2.24) is 9.55 Å². The van der Waals surface area contributed by atoms with Gasteiger partial charge in [0.1, 0.15) is 23.6 Å². The first-order chi connectivity index (χ1) is 12.5. The van der Waals surface area contributed by atoms with Gasteiger partial charge < -0.3 is 9.47 Å². The summed E-state index contributed by atoms with van der Waals surface area (Å²) >= 11 is 0. The van der Waals surface area contributed by atoms with Crippen molar-refractivity contribution in [2.75, 3.05) is 6.61 Å². The number of hydrogen-bond donors (Lipinski definition) is 0. The molecule has 0 radical (unpaired) electrons. The van der Waals surface area contributed by atoms with Gasteiger partial charge in [0.2, 0.25) is 0 Å². The third-order valence-electron chi connectivity index (χ3n) is 4.49. The van der Waals surface area contributed by atoms with Gasteiger partial charge in [0, 0.05) is 24.0 Å². The van der Waals surface area contributed by atoms with Crippen molar-refractivity contribution in [2.45, 2.75) is 18.6 Å². The number of aromatic nitrogens is 2. The second-order valence-electron chi connectivity index (χ2n) is 6.12. The number of benzene rings is 2. The molecule has 1 saturated heterocycles. The topological polar surface area (TPSA) is 39.6 Å². The molecule has 2 atom stereocenters. The van der Waals surface area contributed by atoms with E-state index in [0.29, 0.717) is 5.69 Å². The molecule has 2 aromatic carbocycles. The lowest BCUT2D eigenvalue weighted by atomic mass is 9.94. The molecule has 7 heteroatoms. The Hall–Kier alpha value is -2.80. The van der Waals surface area contributed by atoms with E-state index in [2.05, 4.69) is 4.98 Å². The third-order valence-corrected chi connectivity index (χ3v) is 4.49. The Labute approximate surface area is 147 Å². The van der Waals surface area contributed by atoms with E-state index in [0.717, 1.165) is 6.07 Å². The molecule has 0 saturated carbocycles. The average molecular weight is 360 g/mol. The molecule has 134 valence electrons. The van der Waals surface area contributed by atoms with Crippen LogP contribution in [0, 0.1) is 17.5 Å². The summed E-state index contributed by atoms with van der Waals surface area (Å²) in [5.41, 5.74) is -0.0757. The van der Waals surface area contributed by atoms with Crippen molar-refractivity contribution in [3.63, 3.8) is 0 Å². The van der Waals surface area contributed by atoms with Crippen LogP contribution in [0.3, 0.4) is 0 Å². The van der Waals surface area contributed by atoms with Gasteiger partial charge in [-0.25, -0.2) is 18.2 Å². The minimum atomic E-state index is -0.989. The first-order valence-electron chi connectivity index (χ1n) is 8.05. The molecule has 0 aliphatic carbocycles. The molecule has 0 N–H and O–H groups in total. The molecule has 3 aromatic rings. The number of epoxide rings is 1. The molecule has 4 rings (SSSR count).